The van der Waals surface area contributed by atoms with E-state index in [1.165, 1.54) is 16.8 Å². The normalized spacial score (nSPS) is 22.1. The van der Waals surface area contributed by atoms with Crippen LogP contribution in [0.3, 0.4) is 0 Å². The Labute approximate surface area is 166 Å². The zero-order valence-electron chi connectivity index (χ0n) is 15.7. The molecule has 4 nitrogen and oxygen atoms in total. The SMILES string of the molecule is CCNC(=O)[C@@H]1Cc2ccccc2N2CCN(Cc3ccc(Cl)cc3)C[C@H]12. The summed E-state index contributed by atoms with van der Waals surface area (Å²) in [6.45, 7) is 6.41. The molecule has 0 aliphatic carbocycles. The number of carbonyl (C=O) groups is 1. The van der Waals surface area contributed by atoms with Crippen LogP contribution in [-0.2, 0) is 17.8 Å². The molecule has 0 unspecified atom stereocenters. The lowest BCUT2D eigenvalue weighted by atomic mass is 9.83. The molecule has 1 fully saturated rings. The van der Waals surface area contributed by atoms with Crippen molar-refractivity contribution in [3.63, 3.8) is 0 Å². The average molecular weight is 384 g/mol. The predicted octanol–water partition coefficient (Wildman–Crippen LogP) is 3.34. The molecule has 0 aromatic heterocycles. The first-order chi connectivity index (χ1) is 13.2. The first-order valence-corrected chi connectivity index (χ1v) is 10.1. The summed E-state index contributed by atoms with van der Waals surface area (Å²) in [6.07, 6.45) is 0.817. The van der Waals surface area contributed by atoms with Gasteiger partial charge in [0.25, 0.3) is 0 Å². The van der Waals surface area contributed by atoms with Crippen LogP contribution in [0.1, 0.15) is 18.1 Å². The van der Waals surface area contributed by atoms with Crippen molar-refractivity contribution in [1.82, 2.24) is 10.2 Å². The Kier molecular flexibility index (Phi) is 5.37. The van der Waals surface area contributed by atoms with Gasteiger partial charge in [0, 0.05) is 43.4 Å². The Bertz CT molecular complexity index is 807. The van der Waals surface area contributed by atoms with E-state index in [2.05, 4.69) is 51.5 Å². The van der Waals surface area contributed by atoms with Gasteiger partial charge in [-0.25, -0.2) is 0 Å². The maximum absolute atomic E-state index is 12.8. The lowest BCUT2D eigenvalue weighted by Crippen LogP contribution is -2.60. The number of halogens is 1. The molecule has 2 heterocycles. The molecule has 27 heavy (non-hydrogen) atoms. The van der Waals surface area contributed by atoms with Crippen molar-refractivity contribution < 1.29 is 4.79 Å². The highest BCUT2D eigenvalue weighted by Gasteiger charge is 2.41. The summed E-state index contributed by atoms with van der Waals surface area (Å²) in [4.78, 5) is 17.7. The molecule has 2 aromatic rings. The van der Waals surface area contributed by atoms with E-state index in [1.54, 1.807) is 0 Å². The summed E-state index contributed by atoms with van der Waals surface area (Å²) in [5.41, 5.74) is 3.85. The zero-order chi connectivity index (χ0) is 18.8. The number of anilines is 1. The van der Waals surface area contributed by atoms with E-state index in [4.69, 9.17) is 11.6 Å². The van der Waals surface area contributed by atoms with Gasteiger partial charge in [0.1, 0.15) is 0 Å². The third kappa shape index (κ3) is 3.83. The lowest BCUT2D eigenvalue weighted by Gasteiger charge is -2.49. The largest absolute Gasteiger partial charge is 0.365 e. The minimum Gasteiger partial charge on any atom is -0.365 e. The van der Waals surface area contributed by atoms with Crippen LogP contribution in [0.4, 0.5) is 5.69 Å². The molecule has 2 aromatic carbocycles. The van der Waals surface area contributed by atoms with E-state index in [0.29, 0.717) is 6.54 Å². The fourth-order valence-electron chi connectivity index (χ4n) is 4.41. The smallest absolute Gasteiger partial charge is 0.225 e. The number of piperazine rings is 1. The van der Waals surface area contributed by atoms with E-state index >= 15 is 0 Å². The van der Waals surface area contributed by atoms with E-state index < -0.39 is 0 Å². The lowest BCUT2D eigenvalue weighted by molar-refractivity contribution is -0.126. The minimum absolute atomic E-state index is 0.00660. The highest BCUT2D eigenvalue weighted by molar-refractivity contribution is 6.30. The van der Waals surface area contributed by atoms with Gasteiger partial charge in [0.05, 0.1) is 12.0 Å². The fraction of sp³-hybridized carbons (Fsp3) is 0.409. The van der Waals surface area contributed by atoms with E-state index in [-0.39, 0.29) is 17.9 Å². The van der Waals surface area contributed by atoms with Crippen LogP contribution in [-0.4, -0.2) is 43.0 Å². The molecule has 0 saturated carbocycles. The van der Waals surface area contributed by atoms with Gasteiger partial charge >= 0.3 is 0 Å². The highest BCUT2D eigenvalue weighted by atomic mass is 35.5. The Morgan fingerprint density at radius 3 is 2.70 bits per heavy atom. The van der Waals surface area contributed by atoms with Crippen LogP contribution in [0.2, 0.25) is 5.02 Å². The molecular weight excluding hydrogens is 358 g/mol. The van der Waals surface area contributed by atoms with Gasteiger partial charge < -0.3 is 10.2 Å². The number of para-hydroxylation sites is 1. The van der Waals surface area contributed by atoms with Crippen LogP contribution in [0.5, 0.6) is 0 Å². The number of benzene rings is 2. The predicted molar refractivity (Wildman–Crippen MR) is 110 cm³/mol. The summed E-state index contributed by atoms with van der Waals surface area (Å²) < 4.78 is 0. The minimum atomic E-state index is -0.00660. The summed E-state index contributed by atoms with van der Waals surface area (Å²) in [6, 6.07) is 16.8. The van der Waals surface area contributed by atoms with Crippen LogP contribution >= 0.6 is 11.6 Å². The summed E-state index contributed by atoms with van der Waals surface area (Å²) in [5.74, 6) is 0.170. The topological polar surface area (TPSA) is 35.6 Å². The van der Waals surface area contributed by atoms with Crippen molar-refractivity contribution in [3.05, 3.63) is 64.7 Å². The third-order valence-electron chi connectivity index (χ3n) is 5.72. The second-order valence-corrected chi connectivity index (χ2v) is 7.89. The van der Waals surface area contributed by atoms with Crippen LogP contribution < -0.4 is 10.2 Å². The number of nitrogens with one attached hydrogen (secondary N) is 1. The first kappa shape index (κ1) is 18.3. The van der Waals surface area contributed by atoms with Crippen molar-refractivity contribution in [2.24, 2.45) is 5.92 Å². The van der Waals surface area contributed by atoms with Crippen molar-refractivity contribution >= 4 is 23.2 Å². The van der Waals surface area contributed by atoms with Crippen LogP contribution in [0, 0.1) is 5.92 Å². The van der Waals surface area contributed by atoms with Crippen LogP contribution in [0.15, 0.2) is 48.5 Å². The quantitative estimate of drug-likeness (QED) is 0.879. The standard InChI is InChI=1S/C22H26ClN3O/c1-2-24-22(27)19-13-17-5-3-4-6-20(17)26-12-11-25(15-21(19)26)14-16-7-9-18(23)10-8-16/h3-10,19,21H,2,11-15H2,1H3,(H,24,27)/t19-,21-/m1/s1. The molecule has 1 amide bonds. The van der Waals surface area contributed by atoms with Gasteiger partial charge in [0.2, 0.25) is 5.91 Å². The summed E-state index contributed by atoms with van der Waals surface area (Å²) >= 11 is 6.01. The number of amides is 1. The molecule has 2 atom stereocenters. The Morgan fingerprint density at radius 2 is 1.93 bits per heavy atom. The molecule has 5 heteroatoms. The second-order valence-electron chi connectivity index (χ2n) is 7.46. The van der Waals surface area contributed by atoms with E-state index in [9.17, 15) is 4.79 Å². The van der Waals surface area contributed by atoms with Crippen molar-refractivity contribution in [2.75, 3.05) is 31.1 Å². The summed E-state index contributed by atoms with van der Waals surface area (Å²) in [7, 11) is 0. The molecule has 0 radical (unpaired) electrons. The number of hydrogen-bond donors (Lipinski definition) is 1. The molecule has 2 aliphatic rings. The van der Waals surface area contributed by atoms with E-state index in [0.717, 1.165) is 37.6 Å². The zero-order valence-corrected chi connectivity index (χ0v) is 16.5. The molecule has 142 valence electrons. The molecule has 0 spiro atoms. The highest BCUT2D eigenvalue weighted by Crippen LogP contribution is 2.36. The molecular formula is C22H26ClN3O. The Balaban J connectivity index is 1.56. The molecule has 1 saturated heterocycles. The number of nitrogens with zero attached hydrogens (tertiary/aromatic N) is 2. The van der Waals surface area contributed by atoms with Crippen molar-refractivity contribution in [2.45, 2.75) is 25.9 Å². The van der Waals surface area contributed by atoms with Gasteiger partial charge in [-0.15, -0.1) is 0 Å². The van der Waals surface area contributed by atoms with Gasteiger partial charge in [-0.05, 0) is 42.7 Å². The maximum Gasteiger partial charge on any atom is 0.225 e. The molecule has 2 aliphatic heterocycles. The van der Waals surface area contributed by atoms with Gasteiger partial charge in [-0.2, -0.15) is 0 Å². The summed E-state index contributed by atoms with van der Waals surface area (Å²) in [5, 5.41) is 3.82. The number of fused-ring (bicyclic) bond motifs is 3. The van der Waals surface area contributed by atoms with Gasteiger partial charge in [-0.3, -0.25) is 9.69 Å². The van der Waals surface area contributed by atoms with Gasteiger partial charge in [-0.1, -0.05) is 41.9 Å². The van der Waals surface area contributed by atoms with Crippen molar-refractivity contribution in [3.8, 4) is 0 Å². The number of carbonyl (C=O) groups excluding carboxylic acids is 1. The first-order valence-electron chi connectivity index (χ1n) is 9.74. The van der Waals surface area contributed by atoms with Gasteiger partial charge in [0.15, 0.2) is 0 Å². The average Bonchev–Trinajstić information content (AvgIpc) is 2.69. The number of hydrogen-bond acceptors (Lipinski definition) is 3. The van der Waals surface area contributed by atoms with Crippen molar-refractivity contribution in [1.29, 1.82) is 0 Å². The second kappa shape index (κ2) is 7.91. The Morgan fingerprint density at radius 1 is 1.15 bits per heavy atom. The number of rotatable bonds is 4. The molecule has 0 bridgehead atoms. The van der Waals surface area contributed by atoms with Crippen LogP contribution in [0.25, 0.3) is 0 Å². The maximum atomic E-state index is 12.8. The Hall–Kier alpha value is -2.04. The molecule has 1 N–H and O–H groups in total. The fourth-order valence-corrected chi connectivity index (χ4v) is 4.54. The third-order valence-corrected chi connectivity index (χ3v) is 5.97. The monoisotopic (exact) mass is 383 g/mol. The molecule has 4 rings (SSSR count). The van der Waals surface area contributed by atoms with E-state index in [1.807, 2.05) is 19.1 Å².